The quantitative estimate of drug-likeness (QED) is 0.470. The predicted molar refractivity (Wildman–Crippen MR) is 121 cm³/mol. The second kappa shape index (κ2) is 8.27. The fraction of sp³-hybridized carbons (Fsp3) is 0.692. The summed E-state index contributed by atoms with van der Waals surface area (Å²) in [7, 11) is 0. The van der Waals surface area contributed by atoms with Gasteiger partial charge in [0.2, 0.25) is 0 Å². The summed E-state index contributed by atoms with van der Waals surface area (Å²) in [5.74, 6) is -1.93. The number of fused-ring (bicyclic) bond motifs is 5. The number of carbonyl (C=O) groups is 3. The standard InChI is InChI=1S/C26H33NO8/c1-14(28)33-21-17-9-7-15-8-10-19-20(29)26(15,21)35-25(17,4)13-32-22(30)16-6-5-11-27-18(16)12-24(2,3)23(31)34-19/h5-6,11,15,17,19-21,29H,7-10,12-13H2,1-4H3. The van der Waals surface area contributed by atoms with Crippen LogP contribution in [0.4, 0.5) is 0 Å². The Morgan fingerprint density at radius 3 is 2.66 bits per heavy atom. The number of aliphatic hydroxyl groups is 1. The molecule has 0 amide bonds. The number of hydrogen-bond donors (Lipinski definition) is 1. The number of hydrogen-bond acceptors (Lipinski definition) is 9. The van der Waals surface area contributed by atoms with E-state index in [2.05, 4.69) is 4.98 Å². The minimum Gasteiger partial charge on any atom is -0.459 e. The molecule has 1 saturated heterocycles. The highest BCUT2D eigenvalue weighted by Crippen LogP contribution is 2.60. The Bertz CT molecular complexity index is 1060. The van der Waals surface area contributed by atoms with Crippen molar-refractivity contribution in [3.05, 3.63) is 29.6 Å². The van der Waals surface area contributed by atoms with Crippen molar-refractivity contribution in [3.8, 4) is 0 Å². The number of nitrogens with zero attached hydrogens (tertiary/aromatic N) is 1. The molecule has 1 aromatic heterocycles. The maximum atomic E-state index is 13.3. The molecule has 0 aromatic carbocycles. The van der Waals surface area contributed by atoms with Crippen molar-refractivity contribution in [1.29, 1.82) is 0 Å². The molecule has 1 spiro atoms. The molecule has 35 heavy (non-hydrogen) atoms. The molecule has 2 saturated carbocycles. The smallest absolute Gasteiger partial charge is 0.340 e. The van der Waals surface area contributed by atoms with Gasteiger partial charge in [0.05, 0.1) is 16.7 Å². The average molecular weight is 488 g/mol. The first-order chi connectivity index (χ1) is 16.5. The molecule has 4 bridgehead atoms. The first-order valence-corrected chi connectivity index (χ1v) is 12.4. The van der Waals surface area contributed by atoms with E-state index in [0.29, 0.717) is 25.0 Å². The van der Waals surface area contributed by atoms with Crippen LogP contribution in [0.3, 0.4) is 0 Å². The molecule has 3 fully saturated rings. The number of cyclic esters (lactones) is 1. The number of aliphatic hydroxyl groups excluding tert-OH is 1. The SMILES string of the molecule is CC(=O)OC1C2CCC3CCC4OC(=O)C(C)(C)Cc5ncccc5C(=O)OCC2(C)OC31C4O. The summed E-state index contributed by atoms with van der Waals surface area (Å²) in [6.45, 7) is 6.54. The van der Waals surface area contributed by atoms with Gasteiger partial charge in [0.15, 0.2) is 0 Å². The van der Waals surface area contributed by atoms with Crippen molar-refractivity contribution in [2.24, 2.45) is 17.3 Å². The van der Waals surface area contributed by atoms with E-state index >= 15 is 0 Å². The van der Waals surface area contributed by atoms with Crippen LogP contribution in [-0.2, 0) is 35.0 Å². The Kier molecular flexibility index (Phi) is 5.71. The van der Waals surface area contributed by atoms with E-state index in [4.69, 9.17) is 18.9 Å². The molecule has 0 radical (unpaired) electrons. The lowest BCUT2D eigenvalue weighted by atomic mass is 9.60. The zero-order valence-corrected chi connectivity index (χ0v) is 20.6. The first kappa shape index (κ1) is 24.2. The van der Waals surface area contributed by atoms with Crippen molar-refractivity contribution in [3.63, 3.8) is 0 Å². The molecule has 3 heterocycles. The van der Waals surface area contributed by atoms with Gasteiger partial charge in [-0.2, -0.15) is 0 Å². The third-order valence-electron chi connectivity index (χ3n) is 8.40. The van der Waals surface area contributed by atoms with Crippen LogP contribution in [0.5, 0.6) is 0 Å². The second-order valence-corrected chi connectivity index (χ2v) is 11.3. The highest BCUT2D eigenvalue weighted by atomic mass is 16.6. The predicted octanol–water partition coefficient (Wildman–Crippen LogP) is 2.37. The van der Waals surface area contributed by atoms with Gasteiger partial charge in [-0.25, -0.2) is 4.79 Å². The topological polar surface area (TPSA) is 121 Å². The third kappa shape index (κ3) is 3.74. The van der Waals surface area contributed by atoms with Crippen LogP contribution in [0.2, 0.25) is 0 Å². The Morgan fingerprint density at radius 2 is 1.91 bits per heavy atom. The van der Waals surface area contributed by atoms with Crippen molar-refractivity contribution in [2.45, 2.75) is 89.3 Å². The molecule has 7 unspecified atom stereocenters. The molecule has 4 aliphatic rings. The number of esters is 3. The second-order valence-electron chi connectivity index (χ2n) is 11.3. The Hall–Kier alpha value is -2.52. The van der Waals surface area contributed by atoms with E-state index in [1.807, 2.05) is 6.92 Å². The van der Waals surface area contributed by atoms with E-state index < -0.39 is 52.8 Å². The summed E-state index contributed by atoms with van der Waals surface area (Å²) in [6, 6.07) is 3.28. The number of carbonyl (C=O) groups excluding carboxylic acids is 3. The lowest BCUT2D eigenvalue weighted by Gasteiger charge is -2.52. The number of aromatic nitrogens is 1. The summed E-state index contributed by atoms with van der Waals surface area (Å²) >= 11 is 0. The molecule has 190 valence electrons. The van der Waals surface area contributed by atoms with Crippen LogP contribution >= 0.6 is 0 Å². The molecular formula is C26H33NO8. The van der Waals surface area contributed by atoms with Gasteiger partial charge in [-0.3, -0.25) is 14.6 Å². The first-order valence-electron chi connectivity index (χ1n) is 12.4. The van der Waals surface area contributed by atoms with E-state index in [1.54, 1.807) is 32.2 Å². The summed E-state index contributed by atoms with van der Waals surface area (Å²) in [5, 5.41) is 11.7. The molecule has 2 aliphatic heterocycles. The Labute approximate surface area is 204 Å². The van der Waals surface area contributed by atoms with Gasteiger partial charge in [-0.05, 0) is 64.5 Å². The van der Waals surface area contributed by atoms with E-state index in [1.165, 1.54) is 6.92 Å². The van der Waals surface area contributed by atoms with Gasteiger partial charge in [-0.15, -0.1) is 0 Å². The highest BCUT2D eigenvalue weighted by Gasteiger charge is 2.72. The molecular weight excluding hydrogens is 454 g/mol. The fourth-order valence-electron chi connectivity index (χ4n) is 6.66. The van der Waals surface area contributed by atoms with Crippen molar-refractivity contribution in [2.75, 3.05) is 6.61 Å². The van der Waals surface area contributed by atoms with E-state index in [0.717, 1.165) is 6.42 Å². The Balaban J connectivity index is 1.61. The van der Waals surface area contributed by atoms with E-state index in [9.17, 15) is 19.5 Å². The number of pyridine rings is 1. The van der Waals surface area contributed by atoms with Crippen molar-refractivity contribution in [1.82, 2.24) is 4.98 Å². The van der Waals surface area contributed by atoms with Crippen LogP contribution < -0.4 is 0 Å². The van der Waals surface area contributed by atoms with Crippen LogP contribution in [0, 0.1) is 17.3 Å². The lowest BCUT2D eigenvalue weighted by Crippen LogP contribution is -2.66. The van der Waals surface area contributed by atoms with Crippen molar-refractivity contribution < 1.29 is 38.4 Å². The molecule has 2 aliphatic carbocycles. The third-order valence-corrected chi connectivity index (χ3v) is 8.40. The molecule has 1 N–H and O–H groups in total. The fourth-order valence-corrected chi connectivity index (χ4v) is 6.66. The molecule has 1 aromatic rings. The van der Waals surface area contributed by atoms with Crippen molar-refractivity contribution >= 4 is 17.9 Å². The summed E-state index contributed by atoms with van der Waals surface area (Å²) < 4.78 is 24.2. The minimum atomic E-state index is -1.24. The normalized spacial score (nSPS) is 40.2. The average Bonchev–Trinajstić information content (AvgIpc) is 2.93. The largest absolute Gasteiger partial charge is 0.459 e. The molecule has 7 atom stereocenters. The van der Waals surface area contributed by atoms with Gasteiger partial charge in [0, 0.05) is 25.5 Å². The minimum absolute atomic E-state index is 0.0718. The zero-order valence-electron chi connectivity index (χ0n) is 20.6. The summed E-state index contributed by atoms with van der Waals surface area (Å²) in [6.07, 6.45) is 1.58. The monoisotopic (exact) mass is 487 g/mol. The van der Waals surface area contributed by atoms with Gasteiger partial charge >= 0.3 is 17.9 Å². The highest BCUT2D eigenvalue weighted by molar-refractivity contribution is 5.91. The van der Waals surface area contributed by atoms with E-state index in [-0.39, 0.29) is 30.4 Å². The van der Waals surface area contributed by atoms with Crippen LogP contribution in [0.1, 0.15) is 69.4 Å². The summed E-state index contributed by atoms with van der Waals surface area (Å²) in [4.78, 5) is 43.0. The Morgan fingerprint density at radius 1 is 1.17 bits per heavy atom. The summed E-state index contributed by atoms with van der Waals surface area (Å²) in [5.41, 5.74) is -2.54. The molecule has 9 nitrogen and oxygen atoms in total. The van der Waals surface area contributed by atoms with Crippen LogP contribution in [0.25, 0.3) is 0 Å². The molecule has 9 heteroatoms. The zero-order chi connectivity index (χ0) is 25.2. The van der Waals surface area contributed by atoms with Crippen LogP contribution in [-0.4, -0.2) is 64.1 Å². The molecule has 5 rings (SSSR count). The number of rotatable bonds is 1. The van der Waals surface area contributed by atoms with Gasteiger partial charge in [-0.1, -0.05) is 0 Å². The van der Waals surface area contributed by atoms with Crippen LogP contribution in [0.15, 0.2) is 18.3 Å². The number of ether oxygens (including phenoxy) is 4. The lowest BCUT2D eigenvalue weighted by molar-refractivity contribution is -0.254. The maximum absolute atomic E-state index is 13.3. The van der Waals surface area contributed by atoms with Gasteiger partial charge in [0.25, 0.3) is 0 Å². The van der Waals surface area contributed by atoms with Gasteiger partial charge < -0.3 is 24.1 Å². The van der Waals surface area contributed by atoms with Gasteiger partial charge in [0.1, 0.15) is 36.1 Å². The maximum Gasteiger partial charge on any atom is 0.340 e.